The van der Waals surface area contributed by atoms with E-state index in [1.54, 1.807) is 5.38 Å². The fourth-order valence-electron chi connectivity index (χ4n) is 3.96. The van der Waals surface area contributed by atoms with E-state index in [1.165, 1.54) is 16.2 Å². The van der Waals surface area contributed by atoms with Crippen LogP contribution in [0.5, 0.6) is 0 Å². The molecule has 0 radical (unpaired) electrons. The van der Waals surface area contributed by atoms with Gasteiger partial charge in [0.25, 0.3) is 5.91 Å². The lowest BCUT2D eigenvalue weighted by molar-refractivity contribution is -0.132. The van der Waals surface area contributed by atoms with Crippen LogP contribution in [0.3, 0.4) is 0 Å². The van der Waals surface area contributed by atoms with Crippen molar-refractivity contribution in [1.82, 2.24) is 15.2 Å². The van der Waals surface area contributed by atoms with E-state index in [9.17, 15) is 14.4 Å². The summed E-state index contributed by atoms with van der Waals surface area (Å²) in [6.07, 6.45) is 4.58. The van der Waals surface area contributed by atoms with Gasteiger partial charge in [-0.05, 0) is 31.9 Å². The van der Waals surface area contributed by atoms with Crippen molar-refractivity contribution in [3.05, 3.63) is 45.9 Å². The largest absolute Gasteiger partial charge is 0.326 e. The van der Waals surface area contributed by atoms with E-state index in [-0.39, 0.29) is 30.8 Å². The van der Waals surface area contributed by atoms with Gasteiger partial charge in [-0.1, -0.05) is 37.0 Å². The molecule has 152 valence electrons. The lowest BCUT2D eigenvalue weighted by atomic mass is 9.82. The normalized spacial score (nSPS) is 18.2. The van der Waals surface area contributed by atoms with Gasteiger partial charge in [0.05, 0.1) is 18.7 Å². The molecule has 1 saturated heterocycles. The van der Waals surface area contributed by atoms with Gasteiger partial charge in [0.15, 0.2) is 0 Å². The van der Waals surface area contributed by atoms with Crippen LogP contribution in [-0.2, 0) is 22.6 Å². The van der Waals surface area contributed by atoms with Gasteiger partial charge in [0, 0.05) is 11.1 Å². The first kappa shape index (κ1) is 19.6. The molecule has 1 saturated carbocycles. The van der Waals surface area contributed by atoms with E-state index < -0.39 is 5.54 Å². The Kier molecular flexibility index (Phi) is 5.36. The number of urea groups is 1. The number of nitrogens with one attached hydrogen (secondary N) is 2. The molecule has 1 aromatic carbocycles. The average Bonchev–Trinajstić information content (AvgIpc) is 3.22. The minimum atomic E-state index is -0.720. The lowest BCUT2D eigenvalue weighted by Crippen LogP contribution is -2.48. The van der Waals surface area contributed by atoms with Crippen LogP contribution in [0.4, 0.5) is 10.5 Å². The number of imide groups is 1. The first-order chi connectivity index (χ1) is 13.9. The molecule has 0 unspecified atom stereocenters. The van der Waals surface area contributed by atoms with E-state index in [2.05, 4.69) is 15.6 Å². The summed E-state index contributed by atoms with van der Waals surface area (Å²) in [4.78, 5) is 43.2. The van der Waals surface area contributed by atoms with Crippen molar-refractivity contribution in [3.8, 4) is 0 Å². The molecule has 1 aliphatic heterocycles. The first-order valence-electron chi connectivity index (χ1n) is 9.89. The van der Waals surface area contributed by atoms with Gasteiger partial charge in [0.2, 0.25) is 5.91 Å². The number of nitrogens with zero attached hydrogens (tertiary/aromatic N) is 2. The SMILES string of the molecule is Cc1ccc(NC(=O)Cc2nc(CN3C(=O)NC4(CCCCC4)C3=O)cs2)cc1. The molecular formula is C21H24N4O3S. The number of amides is 4. The fraction of sp³-hybridized carbons (Fsp3) is 0.429. The predicted molar refractivity (Wildman–Crippen MR) is 111 cm³/mol. The summed E-state index contributed by atoms with van der Waals surface area (Å²) < 4.78 is 0. The number of thiazole rings is 1. The highest BCUT2D eigenvalue weighted by molar-refractivity contribution is 7.09. The molecule has 2 aliphatic rings. The second kappa shape index (κ2) is 7.94. The van der Waals surface area contributed by atoms with Gasteiger partial charge in [-0.25, -0.2) is 9.78 Å². The number of aromatic nitrogens is 1. The highest BCUT2D eigenvalue weighted by Crippen LogP contribution is 2.34. The Morgan fingerprint density at radius 2 is 1.93 bits per heavy atom. The lowest BCUT2D eigenvalue weighted by Gasteiger charge is -2.30. The predicted octanol–water partition coefficient (Wildman–Crippen LogP) is 3.39. The maximum absolute atomic E-state index is 12.9. The fourth-order valence-corrected chi connectivity index (χ4v) is 4.74. The Morgan fingerprint density at radius 3 is 2.66 bits per heavy atom. The highest BCUT2D eigenvalue weighted by Gasteiger charge is 2.51. The third-order valence-corrected chi connectivity index (χ3v) is 6.42. The summed E-state index contributed by atoms with van der Waals surface area (Å²) in [6.45, 7) is 2.13. The maximum Gasteiger partial charge on any atom is 0.325 e. The van der Waals surface area contributed by atoms with Crippen LogP contribution in [0, 0.1) is 6.92 Å². The molecule has 2 N–H and O–H groups in total. The molecule has 2 heterocycles. The molecule has 0 bridgehead atoms. The summed E-state index contributed by atoms with van der Waals surface area (Å²) >= 11 is 1.36. The summed E-state index contributed by atoms with van der Waals surface area (Å²) in [5.74, 6) is -0.292. The number of anilines is 1. The second-order valence-corrected chi connectivity index (χ2v) is 8.73. The molecule has 0 atom stereocenters. The van der Waals surface area contributed by atoms with E-state index in [0.29, 0.717) is 23.5 Å². The van der Waals surface area contributed by atoms with Crippen molar-refractivity contribution in [2.24, 2.45) is 0 Å². The smallest absolute Gasteiger partial charge is 0.325 e. The molecule has 29 heavy (non-hydrogen) atoms. The van der Waals surface area contributed by atoms with E-state index >= 15 is 0 Å². The second-order valence-electron chi connectivity index (χ2n) is 7.79. The van der Waals surface area contributed by atoms with Crippen molar-refractivity contribution >= 4 is 34.9 Å². The summed E-state index contributed by atoms with van der Waals surface area (Å²) in [5.41, 5.74) is 1.78. The van der Waals surface area contributed by atoms with Crippen molar-refractivity contribution in [3.63, 3.8) is 0 Å². The van der Waals surface area contributed by atoms with Gasteiger partial charge >= 0.3 is 6.03 Å². The standard InChI is InChI=1S/C21H24N4O3S/c1-14-5-7-15(8-6-14)22-17(26)11-18-23-16(13-29-18)12-25-19(27)21(24-20(25)28)9-3-2-4-10-21/h5-8,13H,2-4,9-12H2,1H3,(H,22,26)(H,24,28). The molecule has 1 aromatic heterocycles. The maximum atomic E-state index is 12.9. The van der Waals surface area contributed by atoms with Crippen molar-refractivity contribution in [1.29, 1.82) is 0 Å². The zero-order valence-electron chi connectivity index (χ0n) is 16.4. The van der Waals surface area contributed by atoms with E-state index in [0.717, 1.165) is 30.5 Å². The quantitative estimate of drug-likeness (QED) is 0.737. The Hall–Kier alpha value is -2.74. The van der Waals surface area contributed by atoms with Crippen molar-refractivity contribution in [2.45, 2.75) is 57.5 Å². The number of hydrogen-bond donors (Lipinski definition) is 2. The van der Waals surface area contributed by atoms with Crippen LogP contribution in [0.2, 0.25) is 0 Å². The third-order valence-electron chi connectivity index (χ3n) is 5.52. The topological polar surface area (TPSA) is 91.4 Å². The van der Waals surface area contributed by atoms with Crippen LogP contribution < -0.4 is 10.6 Å². The van der Waals surface area contributed by atoms with Gasteiger partial charge in [-0.15, -0.1) is 11.3 Å². The first-order valence-corrected chi connectivity index (χ1v) is 10.8. The van der Waals surface area contributed by atoms with Crippen LogP contribution >= 0.6 is 11.3 Å². The van der Waals surface area contributed by atoms with E-state index in [4.69, 9.17) is 0 Å². The molecule has 1 spiro atoms. The van der Waals surface area contributed by atoms with Crippen LogP contribution in [0.25, 0.3) is 0 Å². The van der Waals surface area contributed by atoms with Gasteiger partial charge in [0.1, 0.15) is 10.5 Å². The van der Waals surface area contributed by atoms with Crippen molar-refractivity contribution < 1.29 is 14.4 Å². The molecule has 1 aliphatic carbocycles. The molecular weight excluding hydrogens is 388 g/mol. The Balaban J connectivity index is 1.36. The number of aryl methyl sites for hydroxylation is 1. The van der Waals surface area contributed by atoms with Crippen LogP contribution in [0.1, 0.15) is 48.4 Å². The number of rotatable bonds is 5. The molecule has 7 nitrogen and oxygen atoms in total. The summed E-state index contributed by atoms with van der Waals surface area (Å²) in [6, 6.07) is 7.25. The van der Waals surface area contributed by atoms with Crippen molar-refractivity contribution in [2.75, 3.05) is 5.32 Å². The minimum Gasteiger partial charge on any atom is -0.326 e. The Morgan fingerprint density at radius 1 is 1.21 bits per heavy atom. The van der Waals surface area contributed by atoms with Gasteiger partial charge in [-0.3, -0.25) is 14.5 Å². The molecule has 4 amide bonds. The minimum absolute atomic E-state index is 0.141. The number of hydrogen-bond acceptors (Lipinski definition) is 5. The van der Waals surface area contributed by atoms with Gasteiger partial charge < -0.3 is 10.6 Å². The zero-order chi connectivity index (χ0) is 20.4. The highest BCUT2D eigenvalue weighted by atomic mass is 32.1. The molecule has 4 rings (SSSR count). The Labute approximate surface area is 173 Å². The third kappa shape index (κ3) is 4.17. The number of carbonyl (C=O) groups is 3. The molecule has 8 heteroatoms. The van der Waals surface area contributed by atoms with Crippen LogP contribution in [-0.4, -0.2) is 33.3 Å². The summed E-state index contributed by atoms with van der Waals surface area (Å²) in [5, 5.41) is 8.22. The summed E-state index contributed by atoms with van der Waals surface area (Å²) in [7, 11) is 0. The number of benzene rings is 1. The molecule has 2 fully saturated rings. The average molecular weight is 413 g/mol. The Bertz CT molecular complexity index is 932. The van der Waals surface area contributed by atoms with Crippen LogP contribution in [0.15, 0.2) is 29.6 Å². The number of carbonyl (C=O) groups excluding carboxylic acids is 3. The molecule has 2 aromatic rings. The van der Waals surface area contributed by atoms with E-state index in [1.807, 2.05) is 31.2 Å². The van der Waals surface area contributed by atoms with Gasteiger partial charge in [-0.2, -0.15) is 0 Å². The zero-order valence-corrected chi connectivity index (χ0v) is 17.2. The monoisotopic (exact) mass is 412 g/mol.